The van der Waals surface area contributed by atoms with Crippen LogP contribution in [-0.4, -0.2) is 12.8 Å². The normalized spacial score (nSPS) is 20.0. The minimum Gasteiger partial charge on any atom is -0.391 e. The summed E-state index contributed by atoms with van der Waals surface area (Å²) >= 11 is 0. The molecule has 0 saturated heterocycles. The first-order chi connectivity index (χ1) is 8.02. The van der Waals surface area contributed by atoms with Crippen molar-refractivity contribution in [2.45, 2.75) is 13.3 Å². The van der Waals surface area contributed by atoms with E-state index in [-0.39, 0.29) is 11.7 Å². The number of ketones is 1. The standard InChI is InChI=1S/C13H13F2NO/c1-7-3-11(16-2)12(13(7)17)8-4-9(14)6-10(15)5-8/h4-7,16H,3H2,1-2H3. The van der Waals surface area contributed by atoms with Crippen LogP contribution in [0.2, 0.25) is 0 Å². The second kappa shape index (κ2) is 4.28. The molecule has 0 bridgehead atoms. The zero-order chi connectivity index (χ0) is 12.6. The van der Waals surface area contributed by atoms with Crippen molar-refractivity contribution in [3.8, 4) is 0 Å². The van der Waals surface area contributed by atoms with Crippen LogP contribution in [0.4, 0.5) is 8.78 Å². The second-order valence-electron chi connectivity index (χ2n) is 4.23. The molecule has 1 N–H and O–H groups in total. The average Bonchev–Trinajstić information content (AvgIpc) is 2.53. The van der Waals surface area contributed by atoms with E-state index in [0.29, 0.717) is 17.6 Å². The number of hydrogen-bond acceptors (Lipinski definition) is 2. The van der Waals surface area contributed by atoms with Crippen molar-refractivity contribution < 1.29 is 13.6 Å². The van der Waals surface area contributed by atoms with E-state index in [1.165, 1.54) is 12.1 Å². The van der Waals surface area contributed by atoms with Gasteiger partial charge in [0.15, 0.2) is 5.78 Å². The summed E-state index contributed by atoms with van der Waals surface area (Å²) in [6.07, 6.45) is 0.586. The Labute approximate surface area is 98.3 Å². The fourth-order valence-corrected chi connectivity index (χ4v) is 2.14. The highest BCUT2D eigenvalue weighted by Gasteiger charge is 2.30. The molecule has 1 aromatic rings. The molecule has 0 fully saturated rings. The van der Waals surface area contributed by atoms with Crippen molar-refractivity contribution in [2.75, 3.05) is 7.05 Å². The minimum absolute atomic E-state index is 0.0700. The zero-order valence-corrected chi connectivity index (χ0v) is 9.68. The van der Waals surface area contributed by atoms with Gasteiger partial charge in [0, 0.05) is 30.3 Å². The first-order valence-corrected chi connectivity index (χ1v) is 5.44. The third kappa shape index (κ3) is 2.07. The van der Waals surface area contributed by atoms with Crippen LogP contribution < -0.4 is 5.32 Å². The molecule has 0 aromatic heterocycles. The molecule has 1 aliphatic carbocycles. The van der Waals surface area contributed by atoms with Crippen LogP contribution in [0.15, 0.2) is 23.9 Å². The Kier molecular flexibility index (Phi) is 2.96. The van der Waals surface area contributed by atoms with Gasteiger partial charge in [0.25, 0.3) is 0 Å². The SMILES string of the molecule is CNC1=C(c2cc(F)cc(F)c2)C(=O)C(C)C1. The van der Waals surface area contributed by atoms with Crippen LogP contribution in [-0.2, 0) is 4.79 Å². The Balaban J connectivity index is 2.54. The highest BCUT2D eigenvalue weighted by molar-refractivity contribution is 6.24. The number of benzene rings is 1. The highest BCUT2D eigenvalue weighted by Crippen LogP contribution is 2.33. The molecular formula is C13H13F2NO. The molecule has 1 unspecified atom stereocenters. The molecule has 0 aliphatic heterocycles. The van der Waals surface area contributed by atoms with E-state index in [4.69, 9.17) is 0 Å². The first-order valence-electron chi connectivity index (χ1n) is 5.44. The quantitative estimate of drug-likeness (QED) is 0.856. The van der Waals surface area contributed by atoms with Gasteiger partial charge in [-0.1, -0.05) is 6.92 Å². The summed E-state index contributed by atoms with van der Waals surface area (Å²) in [4.78, 5) is 12.0. The molecular weight excluding hydrogens is 224 g/mol. The smallest absolute Gasteiger partial charge is 0.168 e. The van der Waals surface area contributed by atoms with E-state index in [0.717, 1.165) is 11.8 Å². The summed E-state index contributed by atoms with van der Waals surface area (Å²) < 4.78 is 26.3. The highest BCUT2D eigenvalue weighted by atomic mass is 19.1. The van der Waals surface area contributed by atoms with Crippen molar-refractivity contribution in [3.63, 3.8) is 0 Å². The fraction of sp³-hybridized carbons (Fsp3) is 0.308. The van der Waals surface area contributed by atoms with Crippen LogP contribution in [0, 0.1) is 17.6 Å². The lowest BCUT2D eigenvalue weighted by Gasteiger charge is -2.06. The van der Waals surface area contributed by atoms with Crippen molar-refractivity contribution >= 4 is 11.4 Å². The molecule has 90 valence electrons. The first kappa shape index (κ1) is 11.8. The number of halogens is 2. The second-order valence-corrected chi connectivity index (χ2v) is 4.23. The van der Waals surface area contributed by atoms with Crippen molar-refractivity contribution in [2.24, 2.45) is 5.92 Å². The number of allylic oxidation sites excluding steroid dienone is 2. The van der Waals surface area contributed by atoms with Crippen LogP contribution in [0.5, 0.6) is 0 Å². The van der Waals surface area contributed by atoms with Gasteiger partial charge >= 0.3 is 0 Å². The Bertz CT molecular complexity index is 488. The predicted octanol–water partition coefficient (Wildman–Crippen LogP) is 2.50. The summed E-state index contributed by atoms with van der Waals surface area (Å²) in [6, 6.07) is 3.17. The number of carbonyl (C=O) groups is 1. The van der Waals surface area contributed by atoms with Crippen molar-refractivity contribution in [1.82, 2.24) is 5.32 Å². The molecule has 2 rings (SSSR count). The van der Waals surface area contributed by atoms with Gasteiger partial charge in [-0.2, -0.15) is 0 Å². The molecule has 0 heterocycles. The van der Waals surface area contributed by atoms with E-state index in [1.807, 2.05) is 6.92 Å². The van der Waals surface area contributed by atoms with Gasteiger partial charge in [-0.3, -0.25) is 4.79 Å². The lowest BCUT2D eigenvalue weighted by atomic mass is 10.0. The topological polar surface area (TPSA) is 29.1 Å². The number of carbonyl (C=O) groups excluding carboxylic acids is 1. The van der Waals surface area contributed by atoms with Gasteiger partial charge in [-0.15, -0.1) is 0 Å². The molecule has 1 aliphatic rings. The Hall–Kier alpha value is -1.71. The summed E-state index contributed by atoms with van der Waals surface area (Å²) in [7, 11) is 1.70. The van der Waals surface area contributed by atoms with E-state index in [2.05, 4.69) is 5.32 Å². The molecule has 1 aromatic carbocycles. The number of rotatable bonds is 2. The minimum atomic E-state index is -0.671. The molecule has 1 atom stereocenters. The van der Waals surface area contributed by atoms with E-state index >= 15 is 0 Å². The molecule has 0 radical (unpaired) electrons. The molecule has 0 saturated carbocycles. The monoisotopic (exact) mass is 237 g/mol. The molecule has 17 heavy (non-hydrogen) atoms. The third-order valence-corrected chi connectivity index (χ3v) is 2.96. The predicted molar refractivity (Wildman–Crippen MR) is 61.1 cm³/mol. The van der Waals surface area contributed by atoms with Crippen LogP contribution in [0.25, 0.3) is 5.57 Å². The van der Waals surface area contributed by atoms with Gasteiger partial charge in [0.2, 0.25) is 0 Å². The van der Waals surface area contributed by atoms with Crippen LogP contribution in [0.1, 0.15) is 18.9 Å². The number of Topliss-reactive ketones (excluding diaryl/α,β-unsaturated/α-hetero) is 1. The fourth-order valence-electron chi connectivity index (χ4n) is 2.14. The van der Waals surface area contributed by atoms with E-state index in [9.17, 15) is 13.6 Å². The summed E-state index contributed by atoms with van der Waals surface area (Å²) in [6.45, 7) is 1.81. The Morgan fingerprint density at radius 1 is 1.24 bits per heavy atom. The maximum Gasteiger partial charge on any atom is 0.168 e. The maximum absolute atomic E-state index is 13.1. The number of hydrogen-bond donors (Lipinski definition) is 1. The van der Waals surface area contributed by atoms with Gasteiger partial charge in [-0.05, 0) is 24.1 Å². The maximum atomic E-state index is 13.1. The summed E-state index contributed by atoms with van der Waals surface area (Å²) in [5.41, 5.74) is 1.45. The van der Waals surface area contributed by atoms with Gasteiger partial charge in [0.1, 0.15) is 11.6 Å². The number of nitrogens with one attached hydrogen (secondary N) is 1. The summed E-state index contributed by atoms with van der Waals surface area (Å²) in [5, 5.41) is 2.93. The summed E-state index contributed by atoms with van der Waals surface area (Å²) in [5.74, 6) is -1.55. The van der Waals surface area contributed by atoms with Crippen LogP contribution in [0.3, 0.4) is 0 Å². The molecule has 0 spiro atoms. The largest absolute Gasteiger partial charge is 0.391 e. The Morgan fingerprint density at radius 2 is 1.82 bits per heavy atom. The van der Waals surface area contributed by atoms with Gasteiger partial charge in [-0.25, -0.2) is 8.78 Å². The zero-order valence-electron chi connectivity index (χ0n) is 9.68. The molecule has 2 nitrogen and oxygen atoms in total. The lowest BCUT2D eigenvalue weighted by molar-refractivity contribution is -0.116. The van der Waals surface area contributed by atoms with E-state index in [1.54, 1.807) is 7.05 Å². The van der Waals surface area contributed by atoms with Gasteiger partial charge in [0.05, 0.1) is 0 Å². The van der Waals surface area contributed by atoms with Crippen molar-refractivity contribution in [3.05, 3.63) is 41.1 Å². The Morgan fingerprint density at radius 3 is 2.35 bits per heavy atom. The third-order valence-electron chi connectivity index (χ3n) is 2.96. The average molecular weight is 237 g/mol. The lowest BCUT2D eigenvalue weighted by Crippen LogP contribution is -2.07. The molecule has 0 amide bonds. The molecule has 4 heteroatoms. The van der Waals surface area contributed by atoms with Gasteiger partial charge < -0.3 is 5.32 Å². The van der Waals surface area contributed by atoms with Crippen LogP contribution >= 0.6 is 0 Å². The van der Waals surface area contributed by atoms with E-state index < -0.39 is 11.6 Å². The van der Waals surface area contributed by atoms with Crippen molar-refractivity contribution in [1.29, 1.82) is 0 Å².